The highest BCUT2D eigenvalue weighted by atomic mass is 16.5. The number of aromatic amines is 1. The first-order chi connectivity index (χ1) is 12.1. The molecule has 1 aromatic heterocycles. The first-order valence-electron chi connectivity index (χ1n) is 8.71. The molecule has 1 fully saturated rings. The van der Waals surface area contributed by atoms with Crippen LogP contribution in [0.3, 0.4) is 0 Å². The van der Waals surface area contributed by atoms with Gasteiger partial charge in [0, 0.05) is 31.1 Å². The van der Waals surface area contributed by atoms with E-state index in [4.69, 9.17) is 4.74 Å². The van der Waals surface area contributed by atoms with Crippen LogP contribution in [0, 0.1) is 6.92 Å². The van der Waals surface area contributed by atoms with Crippen LogP contribution in [0.15, 0.2) is 30.3 Å². The molecule has 0 bridgehead atoms. The molecule has 0 saturated carbocycles. The maximum Gasteiger partial charge on any atom is 0.339 e. The summed E-state index contributed by atoms with van der Waals surface area (Å²) in [7, 11) is 0. The Labute approximate surface area is 146 Å². The maximum absolute atomic E-state index is 12.9. The second-order valence-electron chi connectivity index (χ2n) is 6.85. The summed E-state index contributed by atoms with van der Waals surface area (Å²) in [6, 6.07) is 9.37. The summed E-state index contributed by atoms with van der Waals surface area (Å²) in [6.45, 7) is 3.30. The van der Waals surface area contributed by atoms with Gasteiger partial charge < -0.3 is 9.64 Å². The third kappa shape index (κ3) is 3.04. The number of benzene rings is 1. The number of carbonyl (C=O) groups is 2. The molecule has 25 heavy (non-hydrogen) atoms. The Morgan fingerprint density at radius 3 is 3.00 bits per heavy atom. The number of carbonyl (C=O) groups excluding carboxylic acids is 2. The van der Waals surface area contributed by atoms with Gasteiger partial charge in [0.2, 0.25) is 0 Å². The van der Waals surface area contributed by atoms with Gasteiger partial charge in [0.15, 0.2) is 6.10 Å². The van der Waals surface area contributed by atoms with Crippen LogP contribution in [-0.4, -0.2) is 46.2 Å². The van der Waals surface area contributed by atoms with E-state index in [2.05, 4.69) is 10.2 Å². The third-order valence-electron chi connectivity index (χ3n) is 5.04. The van der Waals surface area contributed by atoms with E-state index in [1.807, 2.05) is 36.1 Å². The van der Waals surface area contributed by atoms with Gasteiger partial charge in [-0.05, 0) is 37.5 Å². The second kappa shape index (κ2) is 6.35. The fourth-order valence-corrected chi connectivity index (χ4v) is 3.74. The molecule has 0 spiro atoms. The number of ether oxygens (including phenoxy) is 1. The number of aryl methyl sites for hydroxylation is 1. The molecule has 3 heterocycles. The van der Waals surface area contributed by atoms with Crippen LogP contribution in [-0.2, 0) is 16.0 Å². The van der Waals surface area contributed by atoms with Crippen LogP contribution in [0.4, 0.5) is 0 Å². The highest BCUT2D eigenvalue weighted by Gasteiger charge is 2.36. The Morgan fingerprint density at radius 1 is 1.36 bits per heavy atom. The average Bonchev–Trinajstić information content (AvgIpc) is 3.08. The van der Waals surface area contributed by atoms with Crippen LogP contribution in [0.1, 0.15) is 46.1 Å². The van der Waals surface area contributed by atoms with Crippen molar-refractivity contribution in [2.24, 2.45) is 0 Å². The number of piperidine rings is 1. The lowest BCUT2D eigenvalue weighted by molar-refractivity contribution is -0.142. The molecule has 0 unspecified atom stereocenters. The fraction of sp³-hybridized carbons (Fsp3) is 0.421. The van der Waals surface area contributed by atoms with E-state index in [0.717, 1.165) is 29.8 Å². The summed E-state index contributed by atoms with van der Waals surface area (Å²) in [5.41, 5.74) is 3.47. The lowest BCUT2D eigenvalue weighted by Crippen LogP contribution is -2.47. The third-order valence-corrected chi connectivity index (χ3v) is 5.04. The van der Waals surface area contributed by atoms with Crippen molar-refractivity contribution in [1.82, 2.24) is 15.1 Å². The molecular formula is C19H21N3O3. The van der Waals surface area contributed by atoms with Crippen molar-refractivity contribution in [2.75, 3.05) is 13.1 Å². The van der Waals surface area contributed by atoms with Crippen molar-refractivity contribution in [3.05, 3.63) is 52.8 Å². The van der Waals surface area contributed by atoms with Gasteiger partial charge in [-0.3, -0.25) is 9.89 Å². The molecule has 0 aliphatic carbocycles. The number of amides is 1. The Balaban J connectivity index is 1.48. The molecular weight excluding hydrogens is 318 g/mol. The molecule has 2 aromatic rings. The highest BCUT2D eigenvalue weighted by molar-refractivity contribution is 5.95. The topological polar surface area (TPSA) is 75.3 Å². The number of hydrogen-bond donors (Lipinski definition) is 1. The number of fused-ring (bicyclic) bond motifs is 1. The first-order valence-corrected chi connectivity index (χ1v) is 8.71. The molecule has 6 heteroatoms. The normalized spacial score (nSPS) is 23.1. The van der Waals surface area contributed by atoms with Gasteiger partial charge in [-0.15, -0.1) is 0 Å². The summed E-state index contributed by atoms with van der Waals surface area (Å²) in [4.78, 5) is 26.9. The summed E-state index contributed by atoms with van der Waals surface area (Å²) >= 11 is 0. The molecule has 2 aliphatic rings. The van der Waals surface area contributed by atoms with Crippen molar-refractivity contribution in [3.63, 3.8) is 0 Å². The van der Waals surface area contributed by atoms with Gasteiger partial charge in [0.05, 0.1) is 11.3 Å². The minimum Gasteiger partial charge on any atom is -0.448 e. The largest absolute Gasteiger partial charge is 0.448 e. The molecule has 1 N–H and O–H groups in total. The zero-order valence-corrected chi connectivity index (χ0v) is 14.2. The summed E-state index contributed by atoms with van der Waals surface area (Å²) in [6.07, 6.45) is 1.67. The smallest absolute Gasteiger partial charge is 0.339 e. The van der Waals surface area contributed by atoms with E-state index in [1.165, 1.54) is 0 Å². The number of rotatable bonds is 2. The molecule has 6 nitrogen and oxygen atoms in total. The van der Waals surface area contributed by atoms with Crippen LogP contribution < -0.4 is 0 Å². The van der Waals surface area contributed by atoms with Gasteiger partial charge in [-0.1, -0.05) is 18.2 Å². The highest BCUT2D eigenvalue weighted by Crippen LogP contribution is 2.28. The number of hydrogen-bond acceptors (Lipinski definition) is 4. The number of H-pyrrole nitrogens is 1. The van der Waals surface area contributed by atoms with Crippen LogP contribution in [0.5, 0.6) is 0 Å². The Bertz CT molecular complexity index is 814. The molecule has 130 valence electrons. The first kappa shape index (κ1) is 15.9. The molecule has 2 aliphatic heterocycles. The summed E-state index contributed by atoms with van der Waals surface area (Å²) < 4.78 is 5.42. The SMILES string of the molecule is Cc1cc([C@@H]2CCCN(C(=O)[C@H]3Cc4ccccc4C(=O)O3)C2)n[nH]1. The lowest BCUT2D eigenvalue weighted by Gasteiger charge is -2.35. The number of cyclic esters (lactones) is 1. The maximum atomic E-state index is 12.9. The van der Waals surface area contributed by atoms with Crippen molar-refractivity contribution in [3.8, 4) is 0 Å². The average molecular weight is 339 g/mol. The predicted molar refractivity (Wildman–Crippen MR) is 91.2 cm³/mol. The predicted octanol–water partition coefficient (Wildman–Crippen LogP) is 2.21. The lowest BCUT2D eigenvalue weighted by atomic mass is 9.93. The number of aromatic nitrogens is 2. The van der Waals surface area contributed by atoms with E-state index in [-0.39, 0.29) is 11.8 Å². The summed E-state index contributed by atoms with van der Waals surface area (Å²) in [5.74, 6) is -0.272. The Kier molecular flexibility index (Phi) is 4.03. The van der Waals surface area contributed by atoms with Crippen LogP contribution in [0.25, 0.3) is 0 Å². The molecule has 1 amide bonds. The van der Waals surface area contributed by atoms with E-state index in [1.54, 1.807) is 6.07 Å². The number of nitrogens with one attached hydrogen (secondary N) is 1. The second-order valence-corrected chi connectivity index (χ2v) is 6.85. The quantitative estimate of drug-likeness (QED) is 0.851. The van der Waals surface area contributed by atoms with E-state index in [9.17, 15) is 9.59 Å². The van der Waals surface area contributed by atoms with Crippen molar-refractivity contribution < 1.29 is 14.3 Å². The van der Waals surface area contributed by atoms with Crippen LogP contribution in [0.2, 0.25) is 0 Å². The molecule has 4 rings (SSSR count). The van der Waals surface area contributed by atoms with Gasteiger partial charge in [-0.25, -0.2) is 4.79 Å². The molecule has 0 radical (unpaired) electrons. The standard InChI is InChI=1S/C19H21N3O3/c1-12-9-16(21-20-12)14-6-4-8-22(11-14)18(23)17-10-13-5-2-3-7-15(13)19(24)25-17/h2-3,5,7,9,14,17H,4,6,8,10-11H2,1H3,(H,20,21)/t14-,17-/m1/s1. The van der Waals surface area contributed by atoms with Gasteiger partial charge in [0.25, 0.3) is 5.91 Å². The molecule has 2 atom stereocenters. The zero-order chi connectivity index (χ0) is 17.4. The number of esters is 1. The zero-order valence-electron chi connectivity index (χ0n) is 14.2. The van der Waals surface area contributed by atoms with Gasteiger partial charge in [-0.2, -0.15) is 5.10 Å². The summed E-state index contributed by atoms with van der Waals surface area (Å²) in [5, 5.41) is 7.31. The monoisotopic (exact) mass is 339 g/mol. The van der Waals surface area contributed by atoms with E-state index in [0.29, 0.717) is 25.1 Å². The van der Waals surface area contributed by atoms with Crippen molar-refractivity contribution in [2.45, 2.75) is 38.2 Å². The van der Waals surface area contributed by atoms with E-state index < -0.39 is 12.1 Å². The molecule has 1 aromatic carbocycles. The van der Waals surface area contributed by atoms with Crippen molar-refractivity contribution in [1.29, 1.82) is 0 Å². The van der Waals surface area contributed by atoms with Crippen LogP contribution >= 0.6 is 0 Å². The number of nitrogens with zero attached hydrogens (tertiary/aromatic N) is 2. The minimum atomic E-state index is -0.720. The molecule has 1 saturated heterocycles. The minimum absolute atomic E-state index is 0.0974. The van der Waals surface area contributed by atoms with E-state index >= 15 is 0 Å². The number of likely N-dealkylation sites (tertiary alicyclic amines) is 1. The fourth-order valence-electron chi connectivity index (χ4n) is 3.74. The Hall–Kier alpha value is -2.63. The Morgan fingerprint density at radius 2 is 2.20 bits per heavy atom. The van der Waals surface area contributed by atoms with Gasteiger partial charge in [0.1, 0.15) is 0 Å². The van der Waals surface area contributed by atoms with Gasteiger partial charge >= 0.3 is 5.97 Å². The van der Waals surface area contributed by atoms with Crippen molar-refractivity contribution >= 4 is 11.9 Å².